The number of rotatable bonds is 4. The van der Waals surface area contributed by atoms with E-state index in [9.17, 15) is 9.59 Å². The fourth-order valence-corrected chi connectivity index (χ4v) is 1.98. The van der Waals surface area contributed by atoms with Crippen molar-refractivity contribution in [2.45, 2.75) is 19.6 Å². The summed E-state index contributed by atoms with van der Waals surface area (Å²) in [5.41, 5.74) is 1.35. The van der Waals surface area contributed by atoms with Crippen molar-refractivity contribution in [2.75, 3.05) is 19.5 Å². The van der Waals surface area contributed by atoms with Crippen LogP contribution in [0.1, 0.15) is 13.8 Å². The van der Waals surface area contributed by atoms with E-state index in [4.69, 9.17) is 14.2 Å². The van der Waals surface area contributed by atoms with Gasteiger partial charge >= 0.3 is 11.9 Å². The van der Waals surface area contributed by atoms with Crippen LogP contribution in [0.4, 0.5) is 11.4 Å². The van der Waals surface area contributed by atoms with Gasteiger partial charge in [0.25, 0.3) is 5.79 Å². The van der Waals surface area contributed by atoms with Crippen molar-refractivity contribution in [3.63, 3.8) is 0 Å². The number of carbonyl (C=O) groups excluding carboxylic acids is 2. The molecule has 22 heavy (non-hydrogen) atoms. The van der Waals surface area contributed by atoms with Gasteiger partial charge in [-0.25, -0.2) is 0 Å². The van der Waals surface area contributed by atoms with Gasteiger partial charge in [-0.15, -0.1) is 0 Å². The molecule has 0 radical (unpaired) electrons. The number of cyclic esters (lactones) is 2. The van der Waals surface area contributed by atoms with E-state index < -0.39 is 23.6 Å². The largest absolute Gasteiger partial charge is 0.495 e. The van der Waals surface area contributed by atoms with Crippen molar-refractivity contribution >= 4 is 29.5 Å². The number of anilines is 1. The van der Waals surface area contributed by atoms with Crippen molar-refractivity contribution in [1.29, 1.82) is 0 Å². The number of nitrogens with one attached hydrogen (secondary N) is 1. The zero-order valence-corrected chi connectivity index (χ0v) is 12.9. The Hall–Kier alpha value is -2.57. The van der Waals surface area contributed by atoms with Crippen molar-refractivity contribution in [3.05, 3.63) is 18.2 Å². The smallest absolute Gasteiger partial charge is 0.329 e. The highest BCUT2D eigenvalue weighted by molar-refractivity contribution is 6.10. The molecule has 1 fully saturated rings. The number of esters is 2. The minimum atomic E-state index is -1.24. The molecule has 0 saturated carbocycles. The predicted molar refractivity (Wildman–Crippen MR) is 80.4 cm³/mol. The molecular weight excluding hydrogens is 288 g/mol. The summed E-state index contributed by atoms with van der Waals surface area (Å²) in [5.74, 6) is -3.15. The maximum atomic E-state index is 11.8. The lowest BCUT2D eigenvalue weighted by atomic mass is 10.1. The molecule has 118 valence electrons. The number of hydrogen-bond donors (Lipinski definition) is 1. The molecule has 0 aliphatic carbocycles. The molecule has 0 aromatic heterocycles. The Balaban J connectivity index is 2.18. The first kappa shape index (κ1) is 15.8. The van der Waals surface area contributed by atoms with Crippen molar-refractivity contribution in [1.82, 2.24) is 0 Å². The Morgan fingerprint density at radius 1 is 1.27 bits per heavy atom. The van der Waals surface area contributed by atoms with Gasteiger partial charge in [0, 0.05) is 33.2 Å². The first-order chi connectivity index (χ1) is 10.4. The third kappa shape index (κ3) is 3.36. The Bertz CT molecular complexity index is 604. The molecule has 0 bridgehead atoms. The van der Waals surface area contributed by atoms with Gasteiger partial charge < -0.3 is 19.5 Å². The molecule has 7 nitrogen and oxygen atoms in total. The van der Waals surface area contributed by atoms with Gasteiger partial charge in [0.05, 0.1) is 18.5 Å². The fourth-order valence-electron chi connectivity index (χ4n) is 1.98. The van der Waals surface area contributed by atoms with Gasteiger partial charge in [0.15, 0.2) is 5.92 Å². The number of hydrogen-bond acceptors (Lipinski definition) is 7. The standard InChI is InChI=1S/C15H18N2O5/c1-15(2)21-13(18)10(14(19)22-15)8-17-9-5-6-11(16-3)12(7-9)20-4/h5-8,10,16H,1-4H3/b17-8+. The molecule has 0 spiro atoms. The number of ether oxygens (including phenoxy) is 3. The van der Waals surface area contributed by atoms with E-state index in [2.05, 4.69) is 10.3 Å². The van der Waals surface area contributed by atoms with Crippen molar-refractivity contribution < 1.29 is 23.8 Å². The SMILES string of the molecule is CNc1ccc(/N=C/C2C(=O)OC(C)(C)OC2=O)cc1OC. The lowest BCUT2D eigenvalue weighted by molar-refractivity contribution is -0.235. The van der Waals surface area contributed by atoms with E-state index in [1.807, 2.05) is 0 Å². The lowest BCUT2D eigenvalue weighted by Crippen LogP contribution is -2.46. The summed E-state index contributed by atoms with van der Waals surface area (Å²) in [6.07, 6.45) is 1.22. The number of carbonyl (C=O) groups is 2. The van der Waals surface area contributed by atoms with Crippen LogP contribution in [0, 0.1) is 5.92 Å². The third-order valence-corrected chi connectivity index (χ3v) is 3.03. The van der Waals surface area contributed by atoms with E-state index >= 15 is 0 Å². The highest BCUT2D eigenvalue weighted by atomic mass is 16.7. The normalized spacial score (nSPS) is 18.0. The topological polar surface area (TPSA) is 86.2 Å². The summed E-state index contributed by atoms with van der Waals surface area (Å²) in [7, 11) is 3.32. The molecule has 7 heteroatoms. The molecule has 1 aliphatic heterocycles. The maximum absolute atomic E-state index is 11.8. The van der Waals surface area contributed by atoms with Gasteiger partial charge in [-0.05, 0) is 12.1 Å². The number of methoxy groups -OCH3 is 1. The van der Waals surface area contributed by atoms with Crippen molar-refractivity contribution in [3.8, 4) is 5.75 Å². The molecule has 1 saturated heterocycles. The van der Waals surface area contributed by atoms with Gasteiger partial charge in [-0.1, -0.05) is 0 Å². The second-order valence-electron chi connectivity index (χ2n) is 5.13. The average molecular weight is 306 g/mol. The highest BCUT2D eigenvalue weighted by Crippen LogP contribution is 2.29. The average Bonchev–Trinajstić information content (AvgIpc) is 2.44. The molecule has 1 heterocycles. The lowest BCUT2D eigenvalue weighted by Gasteiger charge is -2.31. The molecular formula is C15H18N2O5. The molecule has 0 unspecified atom stereocenters. The Morgan fingerprint density at radius 2 is 1.91 bits per heavy atom. The van der Waals surface area contributed by atoms with Crippen LogP contribution in [0.25, 0.3) is 0 Å². The van der Waals surface area contributed by atoms with Crippen LogP contribution >= 0.6 is 0 Å². The fraction of sp³-hybridized carbons (Fsp3) is 0.400. The summed E-state index contributed by atoms with van der Waals surface area (Å²) in [5, 5.41) is 2.98. The van der Waals surface area contributed by atoms with Gasteiger partial charge in [0.1, 0.15) is 5.75 Å². The Morgan fingerprint density at radius 3 is 2.45 bits per heavy atom. The van der Waals surface area contributed by atoms with E-state index in [0.717, 1.165) is 5.69 Å². The molecule has 1 N–H and O–H groups in total. The monoisotopic (exact) mass is 306 g/mol. The molecule has 1 aromatic carbocycles. The zero-order valence-electron chi connectivity index (χ0n) is 12.9. The summed E-state index contributed by atoms with van der Waals surface area (Å²) in [4.78, 5) is 27.8. The van der Waals surface area contributed by atoms with E-state index in [1.54, 1.807) is 32.4 Å². The summed E-state index contributed by atoms with van der Waals surface area (Å²) in [6, 6.07) is 5.20. The number of aliphatic imine (C=N–C) groups is 1. The molecule has 0 atom stereocenters. The number of benzene rings is 1. The van der Waals surface area contributed by atoms with Gasteiger partial charge in [-0.3, -0.25) is 14.6 Å². The summed E-state index contributed by atoms with van der Waals surface area (Å²) >= 11 is 0. The van der Waals surface area contributed by atoms with Crippen LogP contribution in [0.3, 0.4) is 0 Å². The molecule has 2 rings (SSSR count). The Labute approximate surface area is 128 Å². The number of nitrogens with zero attached hydrogens (tertiary/aromatic N) is 1. The van der Waals surface area contributed by atoms with Crippen LogP contribution in [0.15, 0.2) is 23.2 Å². The van der Waals surface area contributed by atoms with Crippen LogP contribution in [0.5, 0.6) is 5.75 Å². The van der Waals surface area contributed by atoms with E-state index in [-0.39, 0.29) is 0 Å². The first-order valence-corrected chi connectivity index (χ1v) is 6.72. The highest BCUT2D eigenvalue weighted by Gasteiger charge is 2.42. The minimum absolute atomic E-state index is 0.543. The summed E-state index contributed by atoms with van der Waals surface area (Å²) < 4.78 is 15.3. The maximum Gasteiger partial charge on any atom is 0.329 e. The Kier molecular flexibility index (Phi) is 4.35. The predicted octanol–water partition coefficient (Wildman–Crippen LogP) is 1.89. The quantitative estimate of drug-likeness (QED) is 0.519. The van der Waals surface area contributed by atoms with Crippen LogP contribution in [-0.2, 0) is 19.1 Å². The zero-order chi connectivity index (χ0) is 16.3. The second kappa shape index (κ2) is 6.05. The molecule has 1 aromatic rings. The van der Waals surface area contributed by atoms with Crippen LogP contribution < -0.4 is 10.1 Å². The third-order valence-electron chi connectivity index (χ3n) is 3.03. The van der Waals surface area contributed by atoms with Crippen molar-refractivity contribution in [2.24, 2.45) is 10.9 Å². The molecule has 1 aliphatic rings. The first-order valence-electron chi connectivity index (χ1n) is 6.72. The minimum Gasteiger partial charge on any atom is -0.495 e. The summed E-state index contributed by atoms with van der Waals surface area (Å²) in [6.45, 7) is 3.00. The van der Waals surface area contributed by atoms with Crippen LogP contribution in [-0.4, -0.2) is 38.1 Å². The van der Waals surface area contributed by atoms with E-state index in [1.165, 1.54) is 20.1 Å². The molecule has 0 amide bonds. The van der Waals surface area contributed by atoms with Gasteiger partial charge in [-0.2, -0.15) is 0 Å². The van der Waals surface area contributed by atoms with E-state index in [0.29, 0.717) is 11.4 Å². The second-order valence-corrected chi connectivity index (χ2v) is 5.13. The van der Waals surface area contributed by atoms with Crippen LogP contribution in [0.2, 0.25) is 0 Å². The van der Waals surface area contributed by atoms with Gasteiger partial charge in [0.2, 0.25) is 0 Å².